The Morgan fingerprint density at radius 2 is 1.84 bits per heavy atom. The molecule has 2 heterocycles. The van der Waals surface area contributed by atoms with Crippen molar-refractivity contribution in [1.29, 1.82) is 0 Å². The monoisotopic (exact) mass is 512 g/mol. The van der Waals surface area contributed by atoms with E-state index in [0.717, 1.165) is 16.8 Å². The van der Waals surface area contributed by atoms with Gasteiger partial charge in [0.1, 0.15) is 6.61 Å². The zero-order valence-corrected chi connectivity index (χ0v) is 25.5. The van der Waals surface area contributed by atoms with Gasteiger partial charge in [-0.2, -0.15) is 0 Å². The van der Waals surface area contributed by atoms with E-state index < -0.39 is 65.7 Å². The van der Waals surface area contributed by atoms with Crippen LogP contribution < -0.4 is 11.2 Å². The number of esters is 2. The minimum absolute atomic E-state index is 0.385. The number of aromatic amines is 1. The Balaban J connectivity index is 0.00000233. The Labute approximate surface area is 229 Å². The van der Waals surface area contributed by atoms with Gasteiger partial charge in [-0.15, -0.1) is 11.6 Å². The number of H-pyrrole nitrogens is 1. The molecule has 1 saturated heterocycles. The molecule has 1 aliphatic rings. The first kappa shape index (κ1) is 30.1. The molecule has 1 aromatic heterocycles. The molecule has 0 amide bonds. The number of hydrogen-bond acceptors (Lipinski definition) is 7. The predicted octanol–water partition coefficient (Wildman–Crippen LogP) is 0.387. The van der Waals surface area contributed by atoms with Gasteiger partial charge in [-0.25, -0.2) is 9.18 Å². The van der Waals surface area contributed by atoms with Crippen molar-refractivity contribution < 1.29 is 28.2 Å². The van der Waals surface area contributed by atoms with Crippen molar-refractivity contribution in [3.8, 4) is 0 Å². The average molecular weight is 513 g/mol. The van der Waals surface area contributed by atoms with E-state index in [-0.39, 0.29) is 5.88 Å². The van der Waals surface area contributed by atoms with Crippen LogP contribution in [-0.4, -0.2) is 115 Å². The first-order valence-corrected chi connectivity index (χ1v) is 26.6. The standard InChI is InChI=1S/C18H24ClFN2O7.2K/c1-9(2)15(24)27-8-18(7-19)13(28-16(25)10(3)4)12(20)14(29-18)22-6-5-11(23)21-17(22)26;;/h5-6,9-10,12-14H,7-8H2,1-4H3,(H,21,23,26);;/t12-,13+,14-,18-;;/m1../s1. The Bertz CT molecular complexity index is 879. The van der Waals surface area contributed by atoms with Crippen LogP contribution in [0.5, 0.6) is 0 Å². The molecule has 0 bridgehead atoms. The number of hydrogen-bond donors (Lipinski definition) is 1. The summed E-state index contributed by atoms with van der Waals surface area (Å²) in [6, 6.07) is 1.02. The van der Waals surface area contributed by atoms with Crippen LogP contribution in [0, 0.1) is 11.8 Å². The predicted molar refractivity (Wildman–Crippen MR) is 112 cm³/mol. The van der Waals surface area contributed by atoms with Gasteiger partial charge in [-0.3, -0.25) is 23.9 Å². The van der Waals surface area contributed by atoms with Gasteiger partial charge in [0.2, 0.25) is 0 Å². The summed E-state index contributed by atoms with van der Waals surface area (Å²) < 4.78 is 32.4. The van der Waals surface area contributed by atoms with Crippen molar-refractivity contribution in [3.63, 3.8) is 0 Å². The van der Waals surface area contributed by atoms with Crippen LogP contribution in [0.25, 0.3) is 0 Å². The van der Waals surface area contributed by atoms with Crippen LogP contribution in [0.3, 0.4) is 0 Å². The fourth-order valence-electron chi connectivity index (χ4n) is 2.71. The Morgan fingerprint density at radius 3 is 2.32 bits per heavy atom. The minimum atomic E-state index is -2.02. The molecule has 1 aliphatic heterocycles. The molecule has 0 unspecified atom stereocenters. The van der Waals surface area contributed by atoms with Gasteiger partial charge in [-0.1, -0.05) is 27.7 Å². The van der Waals surface area contributed by atoms with E-state index in [1.54, 1.807) is 27.7 Å². The summed E-state index contributed by atoms with van der Waals surface area (Å²) in [5.74, 6) is -2.70. The summed E-state index contributed by atoms with van der Waals surface area (Å²) in [6.07, 6.45) is -4.05. The number of carbonyl (C=O) groups is 2. The van der Waals surface area contributed by atoms with E-state index >= 15 is 4.39 Å². The Morgan fingerprint density at radius 1 is 1.26 bits per heavy atom. The Hall–Kier alpha value is 1.07. The van der Waals surface area contributed by atoms with Crippen molar-refractivity contribution in [3.05, 3.63) is 33.1 Å². The van der Waals surface area contributed by atoms with Crippen LogP contribution in [0.2, 0.25) is 0 Å². The van der Waals surface area contributed by atoms with Crippen LogP contribution >= 0.6 is 11.6 Å². The molecule has 0 spiro atoms. The zero-order valence-electron chi connectivity index (χ0n) is 18.5. The van der Waals surface area contributed by atoms with Gasteiger partial charge in [-0.05, 0) is 0 Å². The van der Waals surface area contributed by atoms with Gasteiger partial charge in [0.25, 0.3) is 5.56 Å². The number of alkyl halides is 2. The number of halogens is 2. The van der Waals surface area contributed by atoms with E-state index in [1.165, 1.54) is 63.2 Å². The van der Waals surface area contributed by atoms with E-state index in [2.05, 4.69) is 0 Å². The molecule has 0 aromatic carbocycles. The molecule has 0 aliphatic carbocycles. The molecule has 2 rings (SSSR count). The fourth-order valence-corrected chi connectivity index (χ4v) is 3.00. The second-order valence-corrected chi connectivity index (χ2v) is 7.71. The van der Waals surface area contributed by atoms with Gasteiger partial charge >= 0.3 is 80.8 Å². The van der Waals surface area contributed by atoms with E-state index in [9.17, 15) is 19.2 Å². The summed E-state index contributed by atoms with van der Waals surface area (Å²) in [7, 11) is 0. The maximum absolute atomic E-state index is 15.4. The van der Waals surface area contributed by atoms with Gasteiger partial charge in [0.15, 0.2) is 24.1 Å². The molecule has 4 atom stereocenters. The molecule has 1 N–H and O–H groups in total. The van der Waals surface area contributed by atoms with Gasteiger partial charge < -0.3 is 14.2 Å². The number of nitrogens with zero attached hydrogens (tertiary/aromatic N) is 1. The number of rotatable bonds is 7. The van der Waals surface area contributed by atoms with Crippen molar-refractivity contribution in [2.75, 3.05) is 12.5 Å². The van der Waals surface area contributed by atoms with Crippen molar-refractivity contribution in [2.45, 2.75) is 51.8 Å². The molecule has 1 fully saturated rings. The topological polar surface area (TPSA) is 117 Å². The summed E-state index contributed by atoms with van der Waals surface area (Å²) in [5.41, 5.74) is -3.31. The molecule has 31 heavy (non-hydrogen) atoms. The third-order valence-electron chi connectivity index (χ3n) is 4.43. The maximum atomic E-state index is 15.4. The molecule has 0 saturated carbocycles. The molecule has 0 radical (unpaired) electrons. The average Bonchev–Trinajstić information content (AvgIpc) is 3.00. The van der Waals surface area contributed by atoms with E-state index in [1.807, 2.05) is 4.98 Å². The quantitative estimate of drug-likeness (QED) is 0.319. The molecular formula is C18H24ClFK2N2O7. The van der Waals surface area contributed by atoms with Crippen LogP contribution in [0.1, 0.15) is 33.9 Å². The van der Waals surface area contributed by atoms with E-state index in [0.29, 0.717) is 0 Å². The van der Waals surface area contributed by atoms with Crippen LogP contribution in [0.15, 0.2) is 21.9 Å². The number of nitrogens with one attached hydrogen (secondary N) is 1. The first-order chi connectivity index (χ1) is 14.5. The number of carbonyl (C=O) groups excluding carboxylic acids is 2. The first-order valence-electron chi connectivity index (χ1n) is 10.1. The van der Waals surface area contributed by atoms with Crippen LogP contribution in [0.4, 0.5) is 4.39 Å². The zero-order chi connectivity index (χ0) is 23.9. The van der Waals surface area contributed by atoms with Crippen molar-refractivity contribution >= 4 is 86.7 Å². The second kappa shape index (κ2) is 13.8. The molecule has 9 nitrogen and oxygen atoms in total. The molecule has 164 valence electrons. The fraction of sp³-hybridized carbons (Fsp3) is 0.667. The molecule has 13 heteroatoms. The van der Waals surface area contributed by atoms with Gasteiger partial charge in [0, 0.05) is 12.3 Å². The third-order valence-corrected chi connectivity index (χ3v) is 4.88. The molecule has 1 aromatic rings. The van der Waals surface area contributed by atoms with Crippen LogP contribution in [-0.2, 0) is 23.8 Å². The Kier molecular flexibility index (Phi) is 13.4. The summed E-state index contributed by atoms with van der Waals surface area (Å²) in [5, 5.41) is 0. The number of ether oxygens (including phenoxy) is 3. The molecular weight excluding hydrogens is 489 g/mol. The van der Waals surface area contributed by atoms with Gasteiger partial charge in [0.05, 0.1) is 17.7 Å². The second-order valence-electron chi connectivity index (χ2n) is 7.44. The summed E-state index contributed by atoms with van der Waals surface area (Å²) in [4.78, 5) is 49.4. The van der Waals surface area contributed by atoms with Crippen molar-refractivity contribution in [2.24, 2.45) is 11.8 Å². The number of aromatic nitrogens is 2. The van der Waals surface area contributed by atoms with Crippen molar-refractivity contribution in [1.82, 2.24) is 9.55 Å². The third kappa shape index (κ3) is 7.79. The normalized spacial score (nSPS) is 25.2. The SMILES string of the molecule is CC(C)C(=O)OC[C@@]1(CCl)O[C@@H](n2ccc(=O)[nH]c2=O)[C@H](F)[C@@H]1OC(=O)C(C)C.[K][K]. The summed E-state index contributed by atoms with van der Waals surface area (Å²) in [6.45, 7) is 5.87. The van der Waals surface area contributed by atoms with E-state index in [4.69, 9.17) is 25.8 Å². The summed E-state index contributed by atoms with van der Waals surface area (Å²) >= 11 is 8.55.